The zero-order valence-corrected chi connectivity index (χ0v) is 16.2. The Morgan fingerprint density at radius 2 is 1.03 bits per heavy atom. The van der Waals surface area contributed by atoms with E-state index >= 15 is 0 Å². The molecular weight excluding hydrogens is 483 g/mol. The van der Waals surface area contributed by atoms with Crippen molar-refractivity contribution in [2.75, 3.05) is 27.7 Å². The second kappa shape index (κ2) is 7.53. The minimum atomic E-state index is -8.17. The molecule has 0 aliphatic carbocycles. The molecule has 182 valence electrons. The topological polar surface area (TPSA) is 46.2 Å². The summed E-state index contributed by atoms with van der Waals surface area (Å²) < 4.78 is 193. The van der Waals surface area contributed by atoms with Crippen LogP contribution in [0.3, 0.4) is 0 Å². The molecule has 0 heterocycles. The first-order valence-electron chi connectivity index (χ1n) is 7.38. The van der Waals surface area contributed by atoms with E-state index in [1.165, 1.54) is 21.1 Å². The Kier molecular flexibility index (Phi) is 7.27. The molecule has 0 saturated heterocycles. The number of rotatable bonds is 9. The van der Waals surface area contributed by atoms with E-state index in [9.17, 15) is 65.5 Å². The van der Waals surface area contributed by atoms with E-state index in [1.807, 2.05) is 0 Å². The second-order valence-corrected chi connectivity index (χ2v) is 9.06. The zero-order valence-electron chi connectivity index (χ0n) is 15.4. The van der Waals surface area contributed by atoms with Gasteiger partial charge in [0.1, 0.15) is 0 Å². The van der Waals surface area contributed by atoms with Gasteiger partial charge in [-0.25, -0.2) is 13.1 Å². The van der Waals surface area contributed by atoms with Crippen molar-refractivity contribution in [1.82, 2.24) is 4.72 Å². The van der Waals surface area contributed by atoms with Crippen molar-refractivity contribution in [3.63, 3.8) is 0 Å². The van der Waals surface area contributed by atoms with Crippen LogP contribution in [0.15, 0.2) is 0 Å². The lowest BCUT2D eigenvalue weighted by Crippen LogP contribution is -2.72. The molecule has 1 N–H and O–H groups in total. The molecule has 0 saturated carbocycles. The van der Waals surface area contributed by atoms with Gasteiger partial charge in [-0.1, -0.05) is 0 Å². The first kappa shape index (κ1) is 29.0. The maximum atomic E-state index is 13.7. The maximum absolute atomic E-state index is 13.7. The lowest BCUT2D eigenvalue weighted by molar-refractivity contribution is -0.871. The molecule has 0 aromatic rings. The first-order valence-corrected chi connectivity index (χ1v) is 8.86. The van der Waals surface area contributed by atoms with E-state index in [0.717, 1.165) is 11.6 Å². The summed E-state index contributed by atoms with van der Waals surface area (Å²) in [6.07, 6.45) is -7.57. The summed E-state index contributed by atoms with van der Waals surface area (Å²) in [5, 5.41) is -7.23. The van der Waals surface area contributed by atoms with E-state index in [0.29, 0.717) is 0 Å². The van der Waals surface area contributed by atoms with E-state index < -0.39 is 57.7 Å². The molecule has 1 unspecified atom stereocenters. The highest BCUT2D eigenvalue weighted by atomic mass is 32.2. The van der Waals surface area contributed by atoms with Crippen LogP contribution in [0.2, 0.25) is 0 Å². The summed E-state index contributed by atoms with van der Waals surface area (Å²) >= 11 is 0. The number of halogens is 13. The molecular formula is C12H16F13N2O2S+. The molecule has 0 amide bonds. The third-order valence-corrected chi connectivity index (χ3v) is 5.06. The summed E-state index contributed by atoms with van der Waals surface area (Å²) in [6, 6.07) is -1.71. The van der Waals surface area contributed by atoms with Gasteiger partial charge in [-0.2, -0.15) is 57.1 Å². The number of hydrogen-bond donors (Lipinski definition) is 1. The quantitative estimate of drug-likeness (QED) is 0.389. The van der Waals surface area contributed by atoms with Crippen LogP contribution in [-0.2, 0) is 10.0 Å². The molecule has 18 heteroatoms. The van der Waals surface area contributed by atoms with Crippen LogP contribution in [0.1, 0.15) is 6.92 Å². The van der Waals surface area contributed by atoms with E-state index in [2.05, 4.69) is 0 Å². The Hall–Kier alpha value is -1.04. The highest BCUT2D eigenvalue weighted by Gasteiger charge is 2.92. The highest BCUT2D eigenvalue weighted by molar-refractivity contribution is 7.90. The fourth-order valence-corrected chi connectivity index (χ4v) is 3.34. The van der Waals surface area contributed by atoms with Gasteiger partial charge < -0.3 is 4.48 Å². The molecule has 0 bridgehead atoms. The van der Waals surface area contributed by atoms with Gasteiger partial charge in [0, 0.05) is 0 Å². The Labute approximate surface area is 161 Å². The van der Waals surface area contributed by atoms with Crippen molar-refractivity contribution in [2.24, 2.45) is 0 Å². The van der Waals surface area contributed by atoms with Crippen molar-refractivity contribution < 1.29 is 70.0 Å². The Bertz CT molecular complexity index is 725. The lowest BCUT2D eigenvalue weighted by atomic mass is 9.98. The Morgan fingerprint density at radius 1 is 0.700 bits per heavy atom. The van der Waals surface area contributed by atoms with Gasteiger partial charge in [0.15, 0.2) is 0 Å². The van der Waals surface area contributed by atoms with Gasteiger partial charge in [0.25, 0.3) is 10.0 Å². The molecule has 30 heavy (non-hydrogen) atoms. The average Bonchev–Trinajstić information content (AvgIpc) is 2.41. The van der Waals surface area contributed by atoms with Gasteiger partial charge in [0.05, 0.1) is 33.7 Å². The van der Waals surface area contributed by atoms with Gasteiger partial charge in [0.2, 0.25) is 0 Å². The third kappa shape index (κ3) is 4.58. The second-order valence-electron chi connectivity index (χ2n) is 7.31. The van der Waals surface area contributed by atoms with Crippen molar-refractivity contribution in [2.45, 2.75) is 48.1 Å². The number of hydrogen-bond acceptors (Lipinski definition) is 2. The van der Waals surface area contributed by atoms with E-state index in [-0.39, 0.29) is 4.48 Å². The number of likely N-dealkylation sites (N-methyl/N-ethyl adjacent to an activating group) is 1. The molecule has 0 aromatic heterocycles. The van der Waals surface area contributed by atoms with Crippen LogP contribution >= 0.6 is 0 Å². The van der Waals surface area contributed by atoms with E-state index in [1.54, 1.807) is 0 Å². The minimum absolute atomic E-state index is 0.211. The lowest BCUT2D eigenvalue weighted by Gasteiger charge is -2.39. The van der Waals surface area contributed by atoms with Gasteiger partial charge in [-0.05, 0) is 6.92 Å². The van der Waals surface area contributed by atoms with Crippen molar-refractivity contribution in [3.8, 4) is 0 Å². The minimum Gasteiger partial charge on any atom is -0.330 e. The van der Waals surface area contributed by atoms with Crippen LogP contribution in [0.25, 0.3) is 0 Å². The summed E-state index contributed by atoms with van der Waals surface area (Å²) in [5.41, 5.74) is 0. The van der Waals surface area contributed by atoms with Crippen LogP contribution in [0, 0.1) is 0 Å². The Morgan fingerprint density at radius 3 is 1.33 bits per heavy atom. The molecule has 4 nitrogen and oxygen atoms in total. The van der Waals surface area contributed by atoms with Gasteiger partial charge in [-0.15, -0.1) is 0 Å². The summed E-state index contributed by atoms with van der Waals surface area (Å²) in [6.45, 7) is 0.333. The zero-order chi connectivity index (χ0) is 25.0. The smallest absolute Gasteiger partial charge is 0.330 e. The maximum Gasteiger partial charge on any atom is 0.460 e. The predicted molar refractivity (Wildman–Crippen MR) is 75.2 cm³/mol. The molecule has 0 radical (unpaired) electrons. The molecule has 0 aromatic carbocycles. The highest BCUT2D eigenvalue weighted by Crippen LogP contribution is 2.60. The number of alkyl halides is 13. The largest absolute Gasteiger partial charge is 0.460 e. The van der Waals surface area contributed by atoms with Crippen LogP contribution in [-0.4, -0.2) is 81.8 Å². The van der Waals surface area contributed by atoms with Gasteiger partial charge >= 0.3 is 35.1 Å². The molecule has 0 spiro atoms. The monoisotopic (exact) mass is 499 g/mol. The predicted octanol–water partition coefficient (Wildman–Crippen LogP) is 3.70. The van der Waals surface area contributed by atoms with Gasteiger partial charge in [-0.3, -0.25) is 0 Å². The summed E-state index contributed by atoms with van der Waals surface area (Å²) in [4.78, 5) is 0. The fraction of sp³-hybridized carbons (Fsp3) is 1.00. The number of quaternary nitrogens is 1. The summed E-state index contributed by atoms with van der Waals surface area (Å²) in [7, 11) is -2.98. The standard InChI is InChI=1S/C12H16F13N2O2S/c1-6(5-27(2,3)4)26-30(28,29)12(24,25)10(19,20)8(15,16)7(13,14)9(17,18)11(21,22)23/h6,26H,5H2,1-4H3/q+1. The van der Waals surface area contributed by atoms with Crippen LogP contribution < -0.4 is 4.72 Å². The Balaban J connectivity index is 6.37. The van der Waals surface area contributed by atoms with Crippen LogP contribution in [0.4, 0.5) is 57.1 Å². The fourth-order valence-electron chi connectivity index (χ4n) is 2.12. The normalized spacial score (nSPS) is 17.2. The first-order chi connectivity index (χ1) is 12.6. The average molecular weight is 499 g/mol. The third-order valence-electron chi connectivity index (χ3n) is 3.42. The number of sulfonamides is 1. The molecule has 0 rings (SSSR count). The van der Waals surface area contributed by atoms with E-state index in [4.69, 9.17) is 0 Å². The van der Waals surface area contributed by atoms with Crippen LogP contribution in [0.5, 0.6) is 0 Å². The molecule has 0 aliphatic heterocycles. The molecule has 0 fully saturated rings. The number of nitrogens with one attached hydrogen (secondary N) is 1. The molecule has 0 aliphatic rings. The van der Waals surface area contributed by atoms with Crippen molar-refractivity contribution in [1.29, 1.82) is 0 Å². The number of nitrogens with zero attached hydrogens (tertiary/aromatic N) is 1. The summed E-state index contributed by atoms with van der Waals surface area (Å²) in [5.74, 6) is -32.1. The van der Waals surface area contributed by atoms with Crippen molar-refractivity contribution in [3.05, 3.63) is 0 Å². The van der Waals surface area contributed by atoms with Crippen molar-refractivity contribution >= 4 is 10.0 Å². The SMILES string of the molecule is CC(C[N+](C)(C)C)NS(=O)(=O)C(F)(F)C(F)(F)C(F)(F)C(F)(F)C(F)(F)C(F)(F)F. The molecule has 1 atom stereocenters.